The molecule has 1 aromatic heterocycles. The molecule has 0 aliphatic carbocycles. The molecule has 0 aromatic carbocycles. The van der Waals surface area contributed by atoms with Crippen LogP contribution in [0, 0.1) is 18.8 Å². The molecule has 19 heavy (non-hydrogen) atoms. The molecular formula is C14H19BrN2O2. The minimum atomic E-state index is -0.124. The number of nitrogens with zero attached hydrogens (tertiary/aromatic N) is 1. The number of anilines is 1. The van der Waals surface area contributed by atoms with Crippen LogP contribution in [0.2, 0.25) is 0 Å². The Labute approximate surface area is 122 Å². The number of rotatable bonds is 2. The van der Waals surface area contributed by atoms with E-state index in [1.54, 1.807) is 6.20 Å². The second-order valence-electron chi connectivity index (χ2n) is 5.24. The van der Waals surface area contributed by atoms with Crippen molar-refractivity contribution in [3.63, 3.8) is 0 Å². The van der Waals surface area contributed by atoms with Crippen molar-refractivity contribution in [1.82, 2.24) is 4.98 Å². The zero-order chi connectivity index (χ0) is 14.2. The van der Waals surface area contributed by atoms with E-state index in [-0.39, 0.29) is 30.0 Å². The Morgan fingerprint density at radius 3 is 2.58 bits per heavy atom. The van der Waals surface area contributed by atoms with Gasteiger partial charge in [-0.2, -0.15) is 0 Å². The Morgan fingerprint density at radius 2 is 2.05 bits per heavy atom. The molecule has 4 atom stereocenters. The van der Waals surface area contributed by atoms with Crippen LogP contribution in [0.5, 0.6) is 0 Å². The Hall–Kier alpha value is -0.940. The molecule has 1 aliphatic rings. The van der Waals surface area contributed by atoms with Crippen molar-refractivity contribution in [3.05, 3.63) is 22.3 Å². The summed E-state index contributed by atoms with van der Waals surface area (Å²) < 4.78 is 6.63. The van der Waals surface area contributed by atoms with Gasteiger partial charge in [0, 0.05) is 10.7 Å². The van der Waals surface area contributed by atoms with Crippen LogP contribution in [0.25, 0.3) is 0 Å². The second-order valence-corrected chi connectivity index (χ2v) is 6.09. The van der Waals surface area contributed by atoms with Gasteiger partial charge in [0.25, 0.3) is 0 Å². The summed E-state index contributed by atoms with van der Waals surface area (Å²) in [7, 11) is 0. The van der Waals surface area contributed by atoms with Crippen LogP contribution in [0.4, 0.5) is 5.82 Å². The van der Waals surface area contributed by atoms with E-state index in [2.05, 4.69) is 33.2 Å². The lowest BCUT2D eigenvalue weighted by Gasteiger charge is -2.17. The number of aromatic nitrogens is 1. The highest BCUT2D eigenvalue weighted by Crippen LogP contribution is 2.33. The predicted octanol–water partition coefficient (Wildman–Crippen LogP) is 3.15. The van der Waals surface area contributed by atoms with Gasteiger partial charge in [-0.1, -0.05) is 6.92 Å². The third-order valence-corrected chi connectivity index (χ3v) is 4.67. The first kappa shape index (κ1) is 14.5. The number of carbonyl (C=O) groups excluding carboxylic acids is 1. The average molecular weight is 327 g/mol. The summed E-state index contributed by atoms with van der Waals surface area (Å²) >= 11 is 3.39. The molecule has 4 unspecified atom stereocenters. The van der Waals surface area contributed by atoms with Crippen molar-refractivity contribution in [2.75, 3.05) is 5.32 Å². The lowest BCUT2D eigenvalue weighted by Crippen LogP contribution is -2.32. The second kappa shape index (κ2) is 5.59. The van der Waals surface area contributed by atoms with Crippen LogP contribution in [-0.2, 0) is 9.53 Å². The Bertz CT molecular complexity index is 492. The SMILES string of the molecule is Cc1cc(NC(=O)C2C(C)OC(C)C2C)ncc1Br. The van der Waals surface area contributed by atoms with Gasteiger partial charge in [-0.25, -0.2) is 4.98 Å². The Balaban J connectivity index is 2.10. The van der Waals surface area contributed by atoms with E-state index in [4.69, 9.17) is 4.74 Å². The van der Waals surface area contributed by atoms with E-state index in [0.29, 0.717) is 5.82 Å². The van der Waals surface area contributed by atoms with Gasteiger partial charge in [0.2, 0.25) is 5.91 Å². The van der Waals surface area contributed by atoms with Crippen molar-refractivity contribution in [1.29, 1.82) is 0 Å². The van der Waals surface area contributed by atoms with Crippen LogP contribution in [0.3, 0.4) is 0 Å². The first-order chi connectivity index (χ1) is 8.90. The number of hydrogen-bond donors (Lipinski definition) is 1. The average Bonchev–Trinajstić information content (AvgIpc) is 2.58. The maximum absolute atomic E-state index is 12.3. The number of hydrogen-bond acceptors (Lipinski definition) is 3. The maximum atomic E-state index is 12.3. The lowest BCUT2D eigenvalue weighted by molar-refractivity contribution is -0.122. The summed E-state index contributed by atoms with van der Waals surface area (Å²) in [6, 6.07) is 1.86. The van der Waals surface area contributed by atoms with Crippen molar-refractivity contribution in [2.45, 2.75) is 39.9 Å². The lowest BCUT2D eigenvalue weighted by atomic mass is 9.89. The highest BCUT2D eigenvalue weighted by molar-refractivity contribution is 9.10. The molecule has 0 saturated carbocycles. The number of aryl methyl sites for hydroxylation is 1. The predicted molar refractivity (Wildman–Crippen MR) is 78.0 cm³/mol. The van der Waals surface area contributed by atoms with Gasteiger partial charge >= 0.3 is 0 Å². The highest BCUT2D eigenvalue weighted by Gasteiger charge is 2.41. The molecule has 2 heterocycles. The summed E-state index contributed by atoms with van der Waals surface area (Å²) in [6.07, 6.45) is 1.76. The summed E-state index contributed by atoms with van der Waals surface area (Å²) in [5.74, 6) is 0.663. The molecule has 1 amide bonds. The van der Waals surface area contributed by atoms with E-state index >= 15 is 0 Å². The first-order valence-electron chi connectivity index (χ1n) is 6.48. The van der Waals surface area contributed by atoms with Crippen LogP contribution < -0.4 is 5.32 Å². The minimum Gasteiger partial charge on any atom is -0.374 e. The summed E-state index contributed by atoms with van der Waals surface area (Å²) in [5, 5.41) is 2.88. The fraction of sp³-hybridized carbons (Fsp3) is 0.571. The normalized spacial score (nSPS) is 30.4. The van der Waals surface area contributed by atoms with E-state index in [1.807, 2.05) is 26.8 Å². The van der Waals surface area contributed by atoms with Gasteiger partial charge in [-0.05, 0) is 54.2 Å². The van der Waals surface area contributed by atoms with E-state index in [1.165, 1.54) is 0 Å². The quantitative estimate of drug-likeness (QED) is 0.908. The molecule has 5 heteroatoms. The van der Waals surface area contributed by atoms with Crippen molar-refractivity contribution in [3.8, 4) is 0 Å². The molecule has 0 bridgehead atoms. The van der Waals surface area contributed by atoms with Crippen molar-refractivity contribution >= 4 is 27.7 Å². The summed E-state index contributed by atoms with van der Waals surface area (Å²) in [5.41, 5.74) is 1.04. The maximum Gasteiger partial charge on any atom is 0.231 e. The smallest absolute Gasteiger partial charge is 0.231 e. The zero-order valence-electron chi connectivity index (χ0n) is 11.6. The van der Waals surface area contributed by atoms with Gasteiger partial charge in [0.05, 0.1) is 18.1 Å². The number of carbonyl (C=O) groups is 1. The van der Waals surface area contributed by atoms with Crippen LogP contribution >= 0.6 is 15.9 Å². The number of ether oxygens (including phenoxy) is 1. The summed E-state index contributed by atoms with van der Waals surface area (Å²) in [4.78, 5) is 16.5. The fourth-order valence-corrected chi connectivity index (χ4v) is 2.75. The largest absolute Gasteiger partial charge is 0.374 e. The van der Waals surface area contributed by atoms with E-state index in [0.717, 1.165) is 10.0 Å². The summed E-state index contributed by atoms with van der Waals surface area (Å²) in [6.45, 7) is 7.98. The van der Waals surface area contributed by atoms with Gasteiger partial charge in [-0.15, -0.1) is 0 Å². The molecule has 4 nitrogen and oxygen atoms in total. The molecule has 104 valence electrons. The molecule has 1 aliphatic heterocycles. The van der Waals surface area contributed by atoms with Crippen LogP contribution in [0.15, 0.2) is 16.7 Å². The number of pyridine rings is 1. The van der Waals surface area contributed by atoms with Crippen LogP contribution in [0.1, 0.15) is 26.3 Å². The van der Waals surface area contributed by atoms with Gasteiger partial charge in [0.15, 0.2) is 0 Å². The molecule has 1 saturated heterocycles. The monoisotopic (exact) mass is 326 g/mol. The molecule has 2 rings (SSSR count). The number of nitrogens with one attached hydrogen (secondary N) is 1. The van der Waals surface area contributed by atoms with Gasteiger partial charge < -0.3 is 10.1 Å². The highest BCUT2D eigenvalue weighted by atomic mass is 79.9. The number of halogens is 1. The molecule has 1 fully saturated rings. The molecule has 0 radical (unpaired) electrons. The third-order valence-electron chi connectivity index (χ3n) is 3.84. The molecule has 1 N–H and O–H groups in total. The Morgan fingerprint density at radius 1 is 1.37 bits per heavy atom. The van der Waals surface area contributed by atoms with Gasteiger partial charge in [-0.3, -0.25) is 4.79 Å². The van der Waals surface area contributed by atoms with Crippen molar-refractivity contribution < 1.29 is 9.53 Å². The van der Waals surface area contributed by atoms with E-state index < -0.39 is 0 Å². The molecular weight excluding hydrogens is 308 g/mol. The van der Waals surface area contributed by atoms with Gasteiger partial charge in [0.1, 0.15) is 5.82 Å². The Kier molecular flexibility index (Phi) is 4.26. The minimum absolute atomic E-state index is 0.0152. The third kappa shape index (κ3) is 2.98. The van der Waals surface area contributed by atoms with Crippen molar-refractivity contribution in [2.24, 2.45) is 11.8 Å². The number of amides is 1. The zero-order valence-corrected chi connectivity index (χ0v) is 13.2. The fourth-order valence-electron chi connectivity index (χ4n) is 2.54. The standard InChI is InChI=1S/C14H19BrN2O2/c1-7-5-12(16-6-11(7)15)17-14(18)13-8(2)9(3)19-10(13)4/h5-6,8-10,13H,1-4H3,(H,16,17,18). The molecule has 1 aromatic rings. The van der Waals surface area contributed by atoms with E-state index in [9.17, 15) is 4.79 Å². The first-order valence-corrected chi connectivity index (χ1v) is 7.28. The van der Waals surface area contributed by atoms with Crippen LogP contribution in [-0.4, -0.2) is 23.1 Å². The molecule has 0 spiro atoms. The topological polar surface area (TPSA) is 51.2 Å².